The molecule has 0 fully saturated rings. The lowest BCUT2D eigenvalue weighted by Crippen LogP contribution is -2.26. The molecule has 0 unspecified atom stereocenters. The topological polar surface area (TPSA) is 29.0 Å². The number of hydrogen-bond acceptors (Lipinski definition) is 4. The normalized spacial score (nSPS) is 14.8. The SMILES string of the molecule is FC(F)(F)c1ccc(-c2ccc3c(c2)CN(Cc2ncccn2)CS3)cc1. The van der Waals surface area contributed by atoms with E-state index in [-0.39, 0.29) is 0 Å². The predicted molar refractivity (Wildman–Crippen MR) is 98.9 cm³/mol. The molecule has 7 heteroatoms. The number of fused-ring (bicyclic) bond motifs is 1. The molecule has 3 nitrogen and oxygen atoms in total. The van der Waals surface area contributed by atoms with E-state index in [0.717, 1.165) is 41.5 Å². The van der Waals surface area contributed by atoms with Crippen LogP contribution in [0.2, 0.25) is 0 Å². The van der Waals surface area contributed by atoms with E-state index in [1.807, 2.05) is 12.1 Å². The standard InChI is InChI=1S/C20H16F3N3S/c21-20(22,23)17-5-2-14(3-6-17)15-4-7-18-16(10-15)11-26(13-27-18)12-19-24-8-1-9-25-19/h1-10H,11-13H2. The zero-order chi connectivity index (χ0) is 18.9. The molecule has 4 rings (SSSR count). The minimum absolute atomic E-state index is 0.631. The van der Waals surface area contributed by atoms with E-state index in [1.54, 1.807) is 30.2 Å². The fraction of sp³-hybridized carbons (Fsp3) is 0.200. The highest BCUT2D eigenvalue weighted by Crippen LogP contribution is 2.35. The molecule has 27 heavy (non-hydrogen) atoms. The van der Waals surface area contributed by atoms with Crippen molar-refractivity contribution in [1.82, 2.24) is 14.9 Å². The van der Waals surface area contributed by atoms with Crippen LogP contribution in [0.3, 0.4) is 0 Å². The Balaban J connectivity index is 1.54. The molecule has 0 bridgehead atoms. The molecule has 1 aliphatic rings. The number of halogens is 3. The van der Waals surface area contributed by atoms with Crippen LogP contribution in [-0.4, -0.2) is 20.7 Å². The first kappa shape index (κ1) is 18.0. The van der Waals surface area contributed by atoms with Gasteiger partial charge in [0, 0.05) is 29.7 Å². The average molecular weight is 387 g/mol. The minimum Gasteiger partial charge on any atom is -0.282 e. The van der Waals surface area contributed by atoms with E-state index >= 15 is 0 Å². The van der Waals surface area contributed by atoms with Gasteiger partial charge in [0.15, 0.2) is 0 Å². The molecule has 0 saturated heterocycles. The summed E-state index contributed by atoms with van der Waals surface area (Å²) < 4.78 is 38.3. The molecule has 1 aliphatic heterocycles. The van der Waals surface area contributed by atoms with Gasteiger partial charge in [0.05, 0.1) is 12.1 Å². The van der Waals surface area contributed by atoms with Crippen molar-refractivity contribution in [2.45, 2.75) is 24.2 Å². The van der Waals surface area contributed by atoms with Gasteiger partial charge in [-0.25, -0.2) is 9.97 Å². The molecule has 1 aromatic heterocycles. The van der Waals surface area contributed by atoms with Crippen LogP contribution in [0, 0.1) is 0 Å². The van der Waals surface area contributed by atoms with Crippen LogP contribution >= 0.6 is 11.8 Å². The van der Waals surface area contributed by atoms with Gasteiger partial charge in [0.25, 0.3) is 0 Å². The summed E-state index contributed by atoms with van der Waals surface area (Å²) in [7, 11) is 0. The number of benzene rings is 2. The van der Waals surface area contributed by atoms with Crippen LogP contribution in [0.1, 0.15) is 17.0 Å². The van der Waals surface area contributed by atoms with Crippen molar-refractivity contribution in [2.75, 3.05) is 5.88 Å². The highest BCUT2D eigenvalue weighted by Gasteiger charge is 2.30. The Hall–Kier alpha value is -2.38. The van der Waals surface area contributed by atoms with Crippen molar-refractivity contribution in [2.24, 2.45) is 0 Å². The first-order valence-corrected chi connectivity index (χ1v) is 9.39. The summed E-state index contributed by atoms with van der Waals surface area (Å²) in [5, 5.41) is 0. The van der Waals surface area contributed by atoms with Crippen LogP contribution in [-0.2, 0) is 19.3 Å². The third kappa shape index (κ3) is 4.14. The van der Waals surface area contributed by atoms with Gasteiger partial charge in [-0.3, -0.25) is 4.90 Å². The molecule has 0 N–H and O–H groups in total. The van der Waals surface area contributed by atoms with Crippen LogP contribution in [0.4, 0.5) is 13.2 Å². The third-order valence-corrected chi connectivity index (χ3v) is 5.59. The zero-order valence-electron chi connectivity index (χ0n) is 14.3. The van der Waals surface area contributed by atoms with E-state index in [4.69, 9.17) is 0 Å². The maximum absolute atomic E-state index is 12.8. The van der Waals surface area contributed by atoms with E-state index < -0.39 is 11.7 Å². The van der Waals surface area contributed by atoms with Crippen molar-refractivity contribution in [3.05, 3.63) is 77.9 Å². The van der Waals surface area contributed by atoms with E-state index in [0.29, 0.717) is 6.54 Å². The number of nitrogens with zero attached hydrogens (tertiary/aromatic N) is 3. The van der Waals surface area contributed by atoms with Crippen LogP contribution in [0.5, 0.6) is 0 Å². The fourth-order valence-corrected chi connectivity index (χ4v) is 4.01. The van der Waals surface area contributed by atoms with Crippen LogP contribution in [0.15, 0.2) is 65.8 Å². The summed E-state index contributed by atoms with van der Waals surface area (Å²) >= 11 is 1.75. The maximum atomic E-state index is 12.8. The number of rotatable bonds is 3. The largest absolute Gasteiger partial charge is 0.416 e. The predicted octanol–water partition coefficient (Wildman–Crippen LogP) is 5.23. The Morgan fingerprint density at radius 2 is 1.67 bits per heavy atom. The summed E-state index contributed by atoms with van der Waals surface area (Å²) in [5.74, 6) is 1.63. The second-order valence-corrected chi connectivity index (χ2v) is 7.31. The lowest BCUT2D eigenvalue weighted by molar-refractivity contribution is -0.137. The first-order valence-electron chi connectivity index (χ1n) is 8.41. The zero-order valence-corrected chi connectivity index (χ0v) is 15.1. The summed E-state index contributed by atoms with van der Waals surface area (Å²) in [6, 6.07) is 13.2. The molecule has 3 aromatic rings. The molecule has 0 amide bonds. The van der Waals surface area contributed by atoms with Gasteiger partial charge in [-0.1, -0.05) is 18.2 Å². The highest BCUT2D eigenvalue weighted by atomic mass is 32.2. The van der Waals surface area contributed by atoms with Gasteiger partial charge in [0.1, 0.15) is 5.82 Å². The van der Waals surface area contributed by atoms with Gasteiger partial charge < -0.3 is 0 Å². The minimum atomic E-state index is -4.31. The number of aromatic nitrogens is 2. The Bertz CT molecular complexity index is 927. The van der Waals surface area contributed by atoms with Gasteiger partial charge in [-0.15, -0.1) is 11.8 Å². The number of alkyl halides is 3. The van der Waals surface area contributed by atoms with Crippen molar-refractivity contribution >= 4 is 11.8 Å². The van der Waals surface area contributed by atoms with Gasteiger partial charge in [-0.05, 0) is 47.0 Å². The molecule has 138 valence electrons. The lowest BCUT2D eigenvalue weighted by atomic mass is 10.0. The molecule has 0 aliphatic carbocycles. The summed E-state index contributed by atoms with van der Waals surface area (Å²) in [4.78, 5) is 12.0. The monoisotopic (exact) mass is 387 g/mol. The molecule has 0 spiro atoms. The molecule has 0 atom stereocenters. The highest BCUT2D eigenvalue weighted by molar-refractivity contribution is 7.99. The van der Waals surface area contributed by atoms with Crippen molar-refractivity contribution < 1.29 is 13.2 Å². The van der Waals surface area contributed by atoms with E-state index in [2.05, 4.69) is 20.9 Å². The third-order valence-electron chi connectivity index (χ3n) is 4.39. The number of thioether (sulfide) groups is 1. The van der Waals surface area contributed by atoms with Crippen LogP contribution in [0.25, 0.3) is 11.1 Å². The lowest BCUT2D eigenvalue weighted by Gasteiger charge is -2.28. The molecular formula is C20H16F3N3S. The summed E-state index contributed by atoms with van der Waals surface area (Å²) in [5.41, 5.74) is 2.23. The Labute approximate surface area is 159 Å². The summed E-state index contributed by atoms with van der Waals surface area (Å²) in [6.45, 7) is 1.42. The molecule has 2 aromatic carbocycles. The Morgan fingerprint density at radius 1 is 0.963 bits per heavy atom. The second-order valence-electron chi connectivity index (χ2n) is 6.32. The van der Waals surface area contributed by atoms with Gasteiger partial charge in [0.2, 0.25) is 0 Å². The number of hydrogen-bond donors (Lipinski definition) is 0. The molecule has 0 saturated carbocycles. The fourth-order valence-electron chi connectivity index (χ4n) is 3.04. The quantitative estimate of drug-likeness (QED) is 0.616. The Morgan fingerprint density at radius 3 is 2.37 bits per heavy atom. The molecule has 0 radical (unpaired) electrons. The second kappa shape index (κ2) is 7.32. The van der Waals surface area contributed by atoms with Crippen molar-refractivity contribution in [3.63, 3.8) is 0 Å². The first-order chi connectivity index (χ1) is 13.0. The van der Waals surface area contributed by atoms with E-state index in [9.17, 15) is 13.2 Å². The molecular weight excluding hydrogens is 371 g/mol. The van der Waals surface area contributed by atoms with Gasteiger partial charge in [-0.2, -0.15) is 13.2 Å². The van der Waals surface area contributed by atoms with Crippen LogP contribution < -0.4 is 0 Å². The Kier molecular flexibility index (Phi) is 4.88. The maximum Gasteiger partial charge on any atom is 0.416 e. The van der Waals surface area contributed by atoms with Crippen molar-refractivity contribution in [1.29, 1.82) is 0 Å². The van der Waals surface area contributed by atoms with E-state index in [1.165, 1.54) is 22.6 Å². The smallest absolute Gasteiger partial charge is 0.282 e. The molecule has 2 heterocycles. The summed E-state index contributed by atoms with van der Waals surface area (Å²) in [6.07, 6.45) is -0.850. The van der Waals surface area contributed by atoms with Gasteiger partial charge >= 0.3 is 6.18 Å². The average Bonchev–Trinajstić information content (AvgIpc) is 2.68. The van der Waals surface area contributed by atoms with Crippen molar-refractivity contribution in [3.8, 4) is 11.1 Å².